The summed E-state index contributed by atoms with van der Waals surface area (Å²) in [5, 5.41) is 0. The first-order valence-electron chi connectivity index (χ1n) is 9.87. The molecule has 138 valence electrons. The summed E-state index contributed by atoms with van der Waals surface area (Å²) in [6.07, 6.45) is 11.9. The number of allylic oxidation sites excluding steroid dienone is 2. The van der Waals surface area contributed by atoms with Crippen molar-refractivity contribution in [3.05, 3.63) is 35.9 Å². The zero-order chi connectivity index (χ0) is 17.9. The summed E-state index contributed by atoms with van der Waals surface area (Å²) in [7, 11) is 0. The molecule has 0 amide bonds. The third-order valence-corrected chi connectivity index (χ3v) is 4.66. The first-order valence-corrected chi connectivity index (χ1v) is 9.87. The van der Waals surface area contributed by atoms with Crippen molar-refractivity contribution in [2.75, 3.05) is 6.61 Å². The fraction of sp³-hybridized carbons (Fsp3) is 0.591. The van der Waals surface area contributed by atoms with Gasteiger partial charge in [-0.15, -0.1) is 0 Å². The first kappa shape index (κ1) is 19.6. The number of hydrogen-bond donors (Lipinski definition) is 0. The van der Waals surface area contributed by atoms with Crippen LogP contribution in [0.15, 0.2) is 30.3 Å². The number of esters is 1. The van der Waals surface area contributed by atoms with Crippen LogP contribution in [0.3, 0.4) is 0 Å². The maximum Gasteiger partial charge on any atom is 0.347 e. The zero-order valence-corrected chi connectivity index (χ0v) is 15.8. The van der Waals surface area contributed by atoms with Crippen molar-refractivity contribution < 1.29 is 14.3 Å². The number of unbranched alkanes of at least 4 members (excludes halogenated alkanes) is 3. The van der Waals surface area contributed by atoms with Crippen LogP contribution in [0.4, 0.5) is 0 Å². The topological polar surface area (TPSA) is 35.5 Å². The summed E-state index contributed by atoms with van der Waals surface area (Å²) >= 11 is 0. The third-order valence-electron chi connectivity index (χ3n) is 4.66. The second kappa shape index (κ2) is 11.0. The summed E-state index contributed by atoms with van der Waals surface area (Å²) in [5.74, 6) is 0.492. The predicted octanol–water partition coefficient (Wildman–Crippen LogP) is 5.92. The van der Waals surface area contributed by atoms with Gasteiger partial charge in [0, 0.05) is 0 Å². The monoisotopic (exact) mass is 344 g/mol. The highest BCUT2D eigenvalue weighted by Crippen LogP contribution is 2.28. The molecule has 0 fully saturated rings. The van der Waals surface area contributed by atoms with Gasteiger partial charge in [-0.1, -0.05) is 44.4 Å². The number of carbonyl (C=O) groups excluding carboxylic acids is 1. The Balaban J connectivity index is 1.96. The largest absolute Gasteiger partial charge is 0.479 e. The van der Waals surface area contributed by atoms with Gasteiger partial charge in [0.25, 0.3) is 0 Å². The molecular formula is C22H32O3. The number of carbonyl (C=O) groups is 1. The normalized spacial score (nSPS) is 15.4. The Hall–Kier alpha value is -1.77. The van der Waals surface area contributed by atoms with Crippen molar-refractivity contribution in [3.63, 3.8) is 0 Å². The van der Waals surface area contributed by atoms with Crippen molar-refractivity contribution in [1.82, 2.24) is 0 Å². The van der Waals surface area contributed by atoms with Gasteiger partial charge in [-0.2, -0.15) is 0 Å². The van der Waals surface area contributed by atoms with Gasteiger partial charge in [-0.25, -0.2) is 4.79 Å². The molecule has 0 heterocycles. The lowest BCUT2D eigenvalue weighted by atomic mass is 9.94. The molecule has 0 saturated carbocycles. The van der Waals surface area contributed by atoms with Gasteiger partial charge in [0.05, 0.1) is 6.61 Å². The van der Waals surface area contributed by atoms with E-state index >= 15 is 0 Å². The van der Waals surface area contributed by atoms with Gasteiger partial charge in [0.15, 0.2) is 6.10 Å². The molecule has 0 aliphatic heterocycles. The molecule has 1 unspecified atom stereocenters. The molecule has 0 spiro atoms. The van der Waals surface area contributed by atoms with Gasteiger partial charge < -0.3 is 9.47 Å². The Morgan fingerprint density at radius 3 is 2.52 bits per heavy atom. The zero-order valence-electron chi connectivity index (χ0n) is 15.8. The molecule has 1 atom stereocenters. The van der Waals surface area contributed by atoms with Gasteiger partial charge in [-0.05, 0) is 68.7 Å². The Morgan fingerprint density at radius 2 is 1.88 bits per heavy atom. The van der Waals surface area contributed by atoms with Crippen LogP contribution in [0, 0.1) is 0 Å². The second-order valence-electron chi connectivity index (χ2n) is 6.71. The smallest absolute Gasteiger partial charge is 0.347 e. The molecule has 1 aromatic carbocycles. The summed E-state index contributed by atoms with van der Waals surface area (Å²) in [4.78, 5) is 12.2. The minimum atomic E-state index is -0.503. The van der Waals surface area contributed by atoms with Crippen molar-refractivity contribution in [3.8, 4) is 5.75 Å². The highest BCUT2D eigenvalue weighted by atomic mass is 16.6. The van der Waals surface area contributed by atoms with E-state index in [2.05, 4.69) is 25.1 Å². The summed E-state index contributed by atoms with van der Waals surface area (Å²) in [5.41, 5.74) is 2.70. The molecule has 1 aliphatic carbocycles. The lowest BCUT2D eigenvalue weighted by molar-refractivity contribution is -0.151. The lowest BCUT2D eigenvalue weighted by Crippen LogP contribution is -2.29. The molecule has 3 nitrogen and oxygen atoms in total. The van der Waals surface area contributed by atoms with Crippen LogP contribution in [0.25, 0.3) is 5.57 Å². The van der Waals surface area contributed by atoms with Crippen molar-refractivity contribution in [2.45, 2.75) is 77.7 Å². The maximum atomic E-state index is 12.2. The van der Waals surface area contributed by atoms with Gasteiger partial charge in [0.1, 0.15) is 5.75 Å². The summed E-state index contributed by atoms with van der Waals surface area (Å²) < 4.78 is 11.1. The van der Waals surface area contributed by atoms with E-state index in [4.69, 9.17) is 9.47 Å². The standard InChI is InChI=1S/C22H32O3/c1-3-5-6-10-13-21(22(23)24-4-2)25-20-16-14-19(15-17-20)18-11-8-7-9-12-18/h11,14-17,21H,3-10,12-13H2,1-2H3. The quantitative estimate of drug-likeness (QED) is 0.390. The molecule has 1 aliphatic rings. The van der Waals surface area contributed by atoms with Crippen LogP contribution >= 0.6 is 0 Å². The number of hydrogen-bond acceptors (Lipinski definition) is 3. The van der Waals surface area contributed by atoms with Crippen LogP contribution in [0.2, 0.25) is 0 Å². The number of benzene rings is 1. The average molecular weight is 344 g/mol. The van der Waals surface area contributed by atoms with Gasteiger partial charge in [-0.3, -0.25) is 0 Å². The molecule has 2 rings (SSSR count). The first-order chi connectivity index (χ1) is 12.2. The fourth-order valence-electron chi connectivity index (χ4n) is 3.23. The number of ether oxygens (including phenoxy) is 2. The minimum Gasteiger partial charge on any atom is -0.479 e. The highest BCUT2D eigenvalue weighted by molar-refractivity contribution is 5.75. The fourth-order valence-corrected chi connectivity index (χ4v) is 3.23. The minimum absolute atomic E-state index is 0.252. The molecule has 0 bridgehead atoms. The predicted molar refractivity (Wildman–Crippen MR) is 103 cm³/mol. The molecule has 0 aromatic heterocycles. The molecule has 0 N–H and O–H groups in total. The summed E-state index contributed by atoms with van der Waals surface area (Å²) in [6, 6.07) is 8.16. The van der Waals surface area contributed by atoms with Crippen LogP contribution < -0.4 is 4.74 Å². The van der Waals surface area contributed by atoms with Crippen LogP contribution in [0.5, 0.6) is 5.75 Å². The maximum absolute atomic E-state index is 12.2. The van der Waals surface area contributed by atoms with E-state index in [0.29, 0.717) is 13.0 Å². The van der Waals surface area contributed by atoms with E-state index in [9.17, 15) is 4.79 Å². The van der Waals surface area contributed by atoms with E-state index in [1.807, 2.05) is 19.1 Å². The van der Waals surface area contributed by atoms with Crippen LogP contribution in [0.1, 0.15) is 77.2 Å². The van der Waals surface area contributed by atoms with E-state index in [-0.39, 0.29) is 5.97 Å². The van der Waals surface area contributed by atoms with Crippen LogP contribution in [-0.4, -0.2) is 18.7 Å². The van der Waals surface area contributed by atoms with E-state index < -0.39 is 6.10 Å². The third kappa shape index (κ3) is 6.56. The molecule has 0 saturated heterocycles. The molecule has 1 aromatic rings. The molecule has 3 heteroatoms. The van der Waals surface area contributed by atoms with Crippen molar-refractivity contribution in [1.29, 1.82) is 0 Å². The Kier molecular flexibility index (Phi) is 8.58. The number of rotatable bonds is 10. The van der Waals surface area contributed by atoms with Crippen molar-refractivity contribution >= 4 is 11.5 Å². The molecule has 25 heavy (non-hydrogen) atoms. The lowest BCUT2D eigenvalue weighted by Gasteiger charge is -2.18. The Morgan fingerprint density at radius 1 is 1.08 bits per heavy atom. The van der Waals surface area contributed by atoms with Crippen LogP contribution in [-0.2, 0) is 9.53 Å². The summed E-state index contributed by atoms with van der Waals surface area (Å²) in [6.45, 7) is 4.40. The highest BCUT2D eigenvalue weighted by Gasteiger charge is 2.21. The van der Waals surface area contributed by atoms with E-state index in [1.165, 1.54) is 43.2 Å². The Bertz CT molecular complexity index is 545. The molecular weight excluding hydrogens is 312 g/mol. The van der Waals surface area contributed by atoms with E-state index in [0.717, 1.165) is 25.0 Å². The van der Waals surface area contributed by atoms with Gasteiger partial charge >= 0.3 is 5.97 Å². The average Bonchev–Trinajstić information content (AvgIpc) is 2.65. The van der Waals surface area contributed by atoms with Gasteiger partial charge in [0.2, 0.25) is 0 Å². The molecule has 0 radical (unpaired) electrons. The Labute approximate surface area is 152 Å². The second-order valence-corrected chi connectivity index (χ2v) is 6.71. The van der Waals surface area contributed by atoms with E-state index in [1.54, 1.807) is 0 Å². The SMILES string of the molecule is CCCCCCC(Oc1ccc(C2=CCCCC2)cc1)C(=O)OCC. The van der Waals surface area contributed by atoms with Crippen molar-refractivity contribution in [2.24, 2.45) is 0 Å².